The largest absolute Gasteiger partial charge is 0.443 e. The van der Waals surface area contributed by atoms with Crippen LogP contribution in [-0.2, 0) is 20.9 Å². The predicted octanol–water partition coefficient (Wildman–Crippen LogP) is -0.356. The Balaban J connectivity index is 2.31. The average Bonchev–Trinajstić information content (AvgIpc) is 2.43. The predicted molar refractivity (Wildman–Crippen MR) is 66.5 cm³/mol. The molecule has 0 bridgehead atoms. The zero-order chi connectivity index (χ0) is 14.1. The van der Waals surface area contributed by atoms with Crippen molar-refractivity contribution in [2.45, 2.75) is 6.61 Å². The summed E-state index contributed by atoms with van der Waals surface area (Å²) >= 11 is 0. The highest BCUT2D eigenvalue weighted by Crippen LogP contribution is 2.00. The van der Waals surface area contributed by atoms with Crippen molar-refractivity contribution in [1.29, 1.82) is 0 Å². The third-order valence-electron chi connectivity index (χ3n) is 1.86. The summed E-state index contributed by atoms with van der Waals surface area (Å²) in [6, 6.07) is 8.56. The van der Waals surface area contributed by atoms with Gasteiger partial charge in [0.2, 0.25) is 0 Å². The molecule has 19 heavy (non-hydrogen) atoms. The molecule has 0 fully saturated rings. The van der Waals surface area contributed by atoms with Crippen LogP contribution in [0.15, 0.2) is 35.4 Å². The van der Waals surface area contributed by atoms with Crippen LogP contribution in [0, 0.1) is 0 Å². The number of carbonyl (C=O) groups excluding carboxylic acids is 2. The Morgan fingerprint density at radius 1 is 1.26 bits per heavy atom. The van der Waals surface area contributed by atoms with E-state index in [1.807, 2.05) is 23.6 Å². The molecule has 5 N–H and O–H groups in total. The van der Waals surface area contributed by atoms with Gasteiger partial charge in [0.25, 0.3) is 0 Å². The average molecular weight is 266 g/mol. The summed E-state index contributed by atoms with van der Waals surface area (Å²) in [6.45, 7) is -0.251. The van der Waals surface area contributed by atoms with Crippen LogP contribution in [-0.4, -0.2) is 24.6 Å². The molecule has 0 atom stereocenters. The molecule has 0 spiro atoms. The van der Waals surface area contributed by atoms with Gasteiger partial charge in [0.05, 0.1) is 6.54 Å². The zero-order valence-corrected chi connectivity index (χ0v) is 10.0. The van der Waals surface area contributed by atoms with E-state index in [1.54, 1.807) is 12.1 Å². The Morgan fingerprint density at radius 2 is 1.95 bits per heavy atom. The van der Waals surface area contributed by atoms with E-state index < -0.39 is 18.1 Å². The lowest BCUT2D eigenvalue weighted by Gasteiger charge is -2.04. The summed E-state index contributed by atoms with van der Waals surface area (Å²) in [7, 11) is 0. The summed E-state index contributed by atoms with van der Waals surface area (Å²) in [5.41, 5.74) is 13.0. The molecular formula is C11H14N4O4. The number of carbonyl (C=O) groups is 2. The van der Waals surface area contributed by atoms with Crippen molar-refractivity contribution in [1.82, 2.24) is 5.43 Å². The second-order valence-corrected chi connectivity index (χ2v) is 3.30. The van der Waals surface area contributed by atoms with Gasteiger partial charge in [-0.2, -0.15) is 0 Å². The topological polar surface area (TPSA) is 129 Å². The molecular weight excluding hydrogens is 252 g/mol. The molecule has 0 saturated carbocycles. The van der Waals surface area contributed by atoms with Crippen molar-refractivity contribution in [2.75, 3.05) is 6.54 Å². The summed E-state index contributed by atoms with van der Waals surface area (Å²) < 4.78 is 9.24. The number of esters is 1. The SMILES string of the molecule is NCC(=O)O/C(N)=N/NC(=O)OCc1ccccc1. The smallest absolute Gasteiger partial charge is 0.428 e. The summed E-state index contributed by atoms with van der Waals surface area (Å²) in [6.07, 6.45) is -0.824. The Kier molecular flexibility index (Phi) is 5.83. The number of nitrogens with one attached hydrogen (secondary N) is 1. The molecule has 1 aromatic rings. The van der Waals surface area contributed by atoms with Gasteiger partial charge in [0, 0.05) is 0 Å². The van der Waals surface area contributed by atoms with Crippen molar-refractivity contribution < 1.29 is 19.1 Å². The minimum Gasteiger partial charge on any atom is -0.443 e. The van der Waals surface area contributed by atoms with E-state index in [2.05, 4.69) is 9.84 Å². The molecule has 0 radical (unpaired) electrons. The van der Waals surface area contributed by atoms with Crippen LogP contribution in [0.4, 0.5) is 4.79 Å². The van der Waals surface area contributed by atoms with Gasteiger partial charge in [-0.25, -0.2) is 10.2 Å². The van der Waals surface area contributed by atoms with E-state index in [1.165, 1.54) is 0 Å². The Labute approximate surface area is 109 Å². The third-order valence-corrected chi connectivity index (χ3v) is 1.86. The summed E-state index contributed by atoms with van der Waals surface area (Å²) in [5.74, 6) is -0.763. The first kappa shape index (κ1) is 14.5. The maximum Gasteiger partial charge on any atom is 0.428 e. The number of nitrogens with zero attached hydrogens (tertiary/aromatic N) is 1. The van der Waals surface area contributed by atoms with Gasteiger partial charge >= 0.3 is 18.1 Å². The zero-order valence-electron chi connectivity index (χ0n) is 10.0. The monoisotopic (exact) mass is 266 g/mol. The van der Waals surface area contributed by atoms with Gasteiger partial charge in [-0.15, -0.1) is 5.10 Å². The highest BCUT2D eigenvalue weighted by molar-refractivity contribution is 5.87. The molecule has 0 aliphatic carbocycles. The molecule has 8 heteroatoms. The second-order valence-electron chi connectivity index (χ2n) is 3.30. The number of nitrogens with two attached hydrogens (primary N) is 2. The maximum atomic E-state index is 11.2. The van der Waals surface area contributed by atoms with Crippen molar-refractivity contribution >= 4 is 18.1 Å². The number of amidine groups is 1. The van der Waals surface area contributed by atoms with Gasteiger partial charge in [-0.05, 0) is 5.56 Å². The molecule has 0 aliphatic heterocycles. The van der Waals surface area contributed by atoms with Gasteiger partial charge in [0.15, 0.2) is 0 Å². The number of hydrogen-bond donors (Lipinski definition) is 3. The molecule has 0 aromatic heterocycles. The lowest BCUT2D eigenvalue weighted by molar-refractivity contribution is -0.134. The Morgan fingerprint density at radius 3 is 2.58 bits per heavy atom. The van der Waals surface area contributed by atoms with E-state index in [0.717, 1.165) is 5.56 Å². The van der Waals surface area contributed by atoms with Crippen molar-refractivity contribution in [2.24, 2.45) is 16.6 Å². The fourth-order valence-electron chi connectivity index (χ4n) is 1.04. The lowest BCUT2D eigenvalue weighted by atomic mass is 10.2. The Bertz CT molecular complexity index is 461. The van der Waals surface area contributed by atoms with Crippen LogP contribution < -0.4 is 16.9 Å². The van der Waals surface area contributed by atoms with E-state index in [0.29, 0.717) is 0 Å². The minimum atomic E-state index is -0.824. The standard InChI is InChI=1S/C11H14N4O4/c12-6-9(16)19-10(13)14-15-11(17)18-7-8-4-2-1-3-5-8/h1-5H,6-7,12H2,(H2,13,14)(H,15,17). The molecule has 8 nitrogen and oxygen atoms in total. The van der Waals surface area contributed by atoms with E-state index in [-0.39, 0.29) is 13.2 Å². The number of hydrogen-bond acceptors (Lipinski definition) is 6. The summed E-state index contributed by atoms with van der Waals surface area (Å²) in [4.78, 5) is 21.9. The summed E-state index contributed by atoms with van der Waals surface area (Å²) in [5, 5.41) is 3.30. The number of amides is 1. The van der Waals surface area contributed by atoms with E-state index in [9.17, 15) is 9.59 Å². The van der Waals surface area contributed by atoms with E-state index in [4.69, 9.17) is 16.2 Å². The molecule has 1 rings (SSSR count). The van der Waals surface area contributed by atoms with Gasteiger partial charge < -0.3 is 20.9 Å². The normalized spacial score (nSPS) is 10.7. The van der Waals surface area contributed by atoms with Crippen molar-refractivity contribution in [3.8, 4) is 0 Å². The molecule has 0 aliphatic rings. The van der Waals surface area contributed by atoms with Crippen LogP contribution in [0.5, 0.6) is 0 Å². The molecule has 102 valence electrons. The lowest BCUT2D eigenvalue weighted by Crippen LogP contribution is -2.29. The van der Waals surface area contributed by atoms with Crippen LogP contribution in [0.25, 0.3) is 0 Å². The van der Waals surface area contributed by atoms with E-state index >= 15 is 0 Å². The Hall–Kier alpha value is -2.61. The molecule has 1 amide bonds. The van der Waals surface area contributed by atoms with Crippen LogP contribution in [0.2, 0.25) is 0 Å². The first-order valence-corrected chi connectivity index (χ1v) is 5.32. The fourth-order valence-corrected chi connectivity index (χ4v) is 1.04. The number of ether oxygens (including phenoxy) is 2. The highest BCUT2D eigenvalue weighted by Gasteiger charge is 2.04. The van der Waals surface area contributed by atoms with Gasteiger partial charge in [-0.1, -0.05) is 30.3 Å². The van der Waals surface area contributed by atoms with Crippen LogP contribution in [0.1, 0.15) is 5.56 Å². The fraction of sp³-hybridized carbons (Fsp3) is 0.182. The second kappa shape index (κ2) is 7.67. The molecule has 1 aromatic carbocycles. The first-order chi connectivity index (χ1) is 9.11. The number of benzene rings is 1. The van der Waals surface area contributed by atoms with Crippen LogP contribution in [0.3, 0.4) is 0 Å². The van der Waals surface area contributed by atoms with Crippen LogP contribution >= 0.6 is 0 Å². The third kappa shape index (κ3) is 6.03. The first-order valence-electron chi connectivity index (χ1n) is 5.32. The van der Waals surface area contributed by atoms with Crippen molar-refractivity contribution in [3.63, 3.8) is 0 Å². The molecule has 0 heterocycles. The molecule has 0 unspecified atom stereocenters. The quantitative estimate of drug-likeness (QED) is 0.295. The van der Waals surface area contributed by atoms with Crippen molar-refractivity contribution in [3.05, 3.63) is 35.9 Å². The van der Waals surface area contributed by atoms with Gasteiger partial charge in [-0.3, -0.25) is 4.79 Å². The number of rotatable bonds is 4. The number of hydrazone groups is 1. The maximum absolute atomic E-state index is 11.2. The minimum absolute atomic E-state index is 0.0880. The van der Waals surface area contributed by atoms with Gasteiger partial charge in [0.1, 0.15) is 6.61 Å². The molecule has 0 saturated heterocycles. The highest BCUT2D eigenvalue weighted by atomic mass is 16.6.